The van der Waals surface area contributed by atoms with Crippen LogP contribution in [0.1, 0.15) is 29.5 Å². The van der Waals surface area contributed by atoms with Gasteiger partial charge in [-0.2, -0.15) is 0 Å². The van der Waals surface area contributed by atoms with E-state index in [1.807, 2.05) is 6.92 Å². The standard InChI is InChI=1S/C10H17N3O3/c1-4-6-13-8(5-7-15-2)9(11-12-13)10(14)16-3/h4-7H2,1-3H3. The van der Waals surface area contributed by atoms with Gasteiger partial charge in [-0.25, -0.2) is 9.48 Å². The first-order valence-electron chi connectivity index (χ1n) is 5.24. The number of carbonyl (C=O) groups excluding carboxylic acids is 1. The number of nitrogens with zero attached hydrogens (tertiary/aromatic N) is 3. The molecule has 90 valence electrons. The summed E-state index contributed by atoms with van der Waals surface area (Å²) in [6.07, 6.45) is 1.54. The summed E-state index contributed by atoms with van der Waals surface area (Å²) in [5, 5.41) is 7.78. The Balaban J connectivity index is 2.93. The third kappa shape index (κ3) is 2.79. The van der Waals surface area contributed by atoms with Gasteiger partial charge in [0.15, 0.2) is 5.69 Å². The predicted octanol–water partition coefficient (Wildman–Crippen LogP) is 0.664. The summed E-state index contributed by atoms with van der Waals surface area (Å²) >= 11 is 0. The van der Waals surface area contributed by atoms with Crippen LogP contribution in [-0.4, -0.2) is 41.8 Å². The Hall–Kier alpha value is -1.43. The zero-order chi connectivity index (χ0) is 12.0. The van der Waals surface area contributed by atoms with E-state index in [0.29, 0.717) is 13.0 Å². The monoisotopic (exact) mass is 227 g/mol. The molecule has 0 fully saturated rings. The molecule has 0 saturated heterocycles. The largest absolute Gasteiger partial charge is 0.464 e. The SMILES string of the molecule is CCCn1nnc(C(=O)OC)c1CCOC. The zero-order valence-corrected chi connectivity index (χ0v) is 9.89. The molecule has 0 atom stereocenters. The number of methoxy groups -OCH3 is 2. The van der Waals surface area contributed by atoms with Gasteiger partial charge in [-0.15, -0.1) is 5.10 Å². The van der Waals surface area contributed by atoms with Crippen LogP contribution in [-0.2, 0) is 22.4 Å². The first kappa shape index (κ1) is 12.6. The van der Waals surface area contributed by atoms with Crippen LogP contribution in [0, 0.1) is 0 Å². The van der Waals surface area contributed by atoms with Crippen molar-refractivity contribution in [1.82, 2.24) is 15.0 Å². The number of aromatic nitrogens is 3. The number of hydrogen-bond acceptors (Lipinski definition) is 5. The van der Waals surface area contributed by atoms with Crippen molar-refractivity contribution >= 4 is 5.97 Å². The number of aryl methyl sites for hydroxylation is 1. The van der Waals surface area contributed by atoms with E-state index in [1.165, 1.54) is 7.11 Å². The average Bonchev–Trinajstić information content (AvgIpc) is 2.69. The molecule has 0 spiro atoms. The molecule has 16 heavy (non-hydrogen) atoms. The molecule has 1 aromatic heterocycles. The summed E-state index contributed by atoms with van der Waals surface area (Å²) in [5.41, 5.74) is 1.06. The first-order chi connectivity index (χ1) is 7.74. The Bertz CT molecular complexity index is 349. The fraction of sp³-hybridized carbons (Fsp3) is 0.700. The van der Waals surface area contributed by atoms with Crippen LogP contribution >= 0.6 is 0 Å². The van der Waals surface area contributed by atoms with E-state index in [2.05, 4.69) is 15.0 Å². The lowest BCUT2D eigenvalue weighted by Gasteiger charge is -2.05. The molecule has 0 unspecified atom stereocenters. The number of ether oxygens (including phenoxy) is 2. The Kier molecular flexibility index (Phi) is 4.91. The van der Waals surface area contributed by atoms with E-state index in [4.69, 9.17) is 4.74 Å². The summed E-state index contributed by atoms with van der Waals surface area (Å²) in [5.74, 6) is -0.451. The highest BCUT2D eigenvalue weighted by molar-refractivity contribution is 5.88. The van der Waals surface area contributed by atoms with E-state index in [-0.39, 0.29) is 5.69 Å². The van der Waals surface area contributed by atoms with Crippen molar-refractivity contribution in [3.63, 3.8) is 0 Å². The molecule has 0 aromatic carbocycles. The fourth-order valence-electron chi connectivity index (χ4n) is 1.43. The van der Waals surface area contributed by atoms with E-state index in [0.717, 1.165) is 18.7 Å². The average molecular weight is 227 g/mol. The highest BCUT2D eigenvalue weighted by atomic mass is 16.5. The summed E-state index contributed by atoms with van der Waals surface area (Å²) in [4.78, 5) is 11.4. The van der Waals surface area contributed by atoms with Crippen molar-refractivity contribution in [2.24, 2.45) is 0 Å². The number of rotatable bonds is 6. The maximum Gasteiger partial charge on any atom is 0.360 e. The van der Waals surface area contributed by atoms with Gasteiger partial charge >= 0.3 is 5.97 Å². The number of hydrogen-bond donors (Lipinski definition) is 0. The van der Waals surface area contributed by atoms with Crippen LogP contribution in [0.2, 0.25) is 0 Å². The molecule has 1 rings (SSSR count). The smallest absolute Gasteiger partial charge is 0.360 e. The summed E-state index contributed by atoms with van der Waals surface area (Å²) in [7, 11) is 2.95. The molecular weight excluding hydrogens is 210 g/mol. The van der Waals surface area contributed by atoms with Crippen LogP contribution in [0.15, 0.2) is 0 Å². The molecule has 1 heterocycles. The minimum Gasteiger partial charge on any atom is -0.464 e. The van der Waals surface area contributed by atoms with Gasteiger partial charge in [-0.05, 0) is 6.42 Å². The maximum absolute atomic E-state index is 11.4. The Labute approximate surface area is 94.5 Å². The molecule has 0 radical (unpaired) electrons. The van der Waals surface area contributed by atoms with Gasteiger partial charge in [0, 0.05) is 20.1 Å². The zero-order valence-electron chi connectivity index (χ0n) is 9.89. The molecule has 6 nitrogen and oxygen atoms in total. The first-order valence-corrected chi connectivity index (χ1v) is 5.24. The molecule has 0 saturated carbocycles. The van der Waals surface area contributed by atoms with Crippen LogP contribution in [0.5, 0.6) is 0 Å². The lowest BCUT2D eigenvalue weighted by Crippen LogP contribution is -2.11. The van der Waals surface area contributed by atoms with Gasteiger partial charge in [-0.3, -0.25) is 0 Å². The van der Waals surface area contributed by atoms with Gasteiger partial charge in [0.25, 0.3) is 0 Å². The molecule has 1 aromatic rings. The summed E-state index contributed by atoms with van der Waals surface area (Å²) in [6.45, 7) is 3.31. The van der Waals surface area contributed by atoms with Gasteiger partial charge in [-0.1, -0.05) is 12.1 Å². The topological polar surface area (TPSA) is 66.2 Å². The Morgan fingerprint density at radius 3 is 2.75 bits per heavy atom. The number of carbonyl (C=O) groups is 1. The Morgan fingerprint density at radius 1 is 1.44 bits per heavy atom. The predicted molar refractivity (Wildman–Crippen MR) is 57.2 cm³/mol. The molecular formula is C10H17N3O3. The van der Waals surface area contributed by atoms with Crippen molar-refractivity contribution < 1.29 is 14.3 Å². The van der Waals surface area contributed by atoms with E-state index in [9.17, 15) is 4.79 Å². The van der Waals surface area contributed by atoms with Crippen LogP contribution in [0.3, 0.4) is 0 Å². The highest BCUT2D eigenvalue weighted by Gasteiger charge is 2.19. The molecule has 6 heteroatoms. The van der Waals surface area contributed by atoms with Gasteiger partial charge in [0.05, 0.1) is 19.4 Å². The molecule has 0 bridgehead atoms. The van der Waals surface area contributed by atoms with E-state index < -0.39 is 5.97 Å². The number of esters is 1. The van der Waals surface area contributed by atoms with Crippen molar-refractivity contribution in [1.29, 1.82) is 0 Å². The second-order valence-corrected chi connectivity index (χ2v) is 3.34. The van der Waals surface area contributed by atoms with Crippen molar-refractivity contribution in [3.8, 4) is 0 Å². The van der Waals surface area contributed by atoms with E-state index in [1.54, 1.807) is 11.8 Å². The molecule has 0 aliphatic heterocycles. The minimum absolute atomic E-state index is 0.285. The highest BCUT2D eigenvalue weighted by Crippen LogP contribution is 2.09. The van der Waals surface area contributed by atoms with Gasteiger partial charge in [0.2, 0.25) is 0 Å². The molecule has 0 aliphatic rings. The lowest BCUT2D eigenvalue weighted by atomic mass is 10.2. The maximum atomic E-state index is 11.4. The second kappa shape index (κ2) is 6.22. The van der Waals surface area contributed by atoms with Crippen LogP contribution in [0.25, 0.3) is 0 Å². The van der Waals surface area contributed by atoms with Crippen LogP contribution in [0.4, 0.5) is 0 Å². The van der Waals surface area contributed by atoms with Crippen molar-refractivity contribution in [2.45, 2.75) is 26.3 Å². The van der Waals surface area contributed by atoms with Crippen LogP contribution < -0.4 is 0 Å². The third-order valence-electron chi connectivity index (χ3n) is 2.19. The van der Waals surface area contributed by atoms with Gasteiger partial charge in [0.1, 0.15) is 0 Å². The Morgan fingerprint density at radius 2 is 2.19 bits per heavy atom. The third-order valence-corrected chi connectivity index (χ3v) is 2.19. The second-order valence-electron chi connectivity index (χ2n) is 3.34. The molecule has 0 aliphatic carbocycles. The lowest BCUT2D eigenvalue weighted by molar-refractivity contribution is 0.0592. The quantitative estimate of drug-likeness (QED) is 0.668. The normalized spacial score (nSPS) is 10.4. The van der Waals surface area contributed by atoms with Gasteiger partial charge < -0.3 is 9.47 Å². The van der Waals surface area contributed by atoms with E-state index >= 15 is 0 Å². The summed E-state index contributed by atoms with van der Waals surface area (Å²) < 4.78 is 11.4. The fourth-order valence-corrected chi connectivity index (χ4v) is 1.43. The molecule has 0 amide bonds. The summed E-state index contributed by atoms with van der Waals surface area (Å²) in [6, 6.07) is 0. The minimum atomic E-state index is -0.451. The van der Waals surface area contributed by atoms with Crippen molar-refractivity contribution in [3.05, 3.63) is 11.4 Å². The molecule has 0 N–H and O–H groups in total. The van der Waals surface area contributed by atoms with Crippen molar-refractivity contribution in [2.75, 3.05) is 20.8 Å².